The number of anilines is 1. The molecule has 1 amide bonds. The van der Waals surface area contributed by atoms with E-state index in [4.69, 9.17) is 0 Å². The van der Waals surface area contributed by atoms with Crippen molar-refractivity contribution in [2.24, 2.45) is 0 Å². The molecular weight excluding hydrogens is 327 g/mol. The Balaban J connectivity index is 1.68. The summed E-state index contributed by atoms with van der Waals surface area (Å²) in [6.45, 7) is 0.667. The molecule has 132 valence electrons. The van der Waals surface area contributed by atoms with Gasteiger partial charge < -0.3 is 10.6 Å². The van der Waals surface area contributed by atoms with Crippen LogP contribution in [0, 0.1) is 5.82 Å². The third-order valence-corrected chi connectivity index (χ3v) is 4.11. The first-order chi connectivity index (χ1) is 12.7. The van der Waals surface area contributed by atoms with Crippen LogP contribution >= 0.6 is 0 Å². The zero-order valence-electron chi connectivity index (χ0n) is 14.4. The molecule has 0 bridgehead atoms. The molecule has 0 spiro atoms. The maximum atomic E-state index is 13.1. The number of nitrogens with one attached hydrogen (secondary N) is 2. The zero-order chi connectivity index (χ0) is 18.2. The number of benzene rings is 3. The molecule has 1 atom stereocenters. The van der Waals surface area contributed by atoms with Crippen LogP contribution in [0.1, 0.15) is 17.2 Å². The summed E-state index contributed by atoms with van der Waals surface area (Å²) in [4.78, 5) is 12.8. The Kier molecular flexibility index (Phi) is 6.12. The van der Waals surface area contributed by atoms with Gasteiger partial charge in [-0.25, -0.2) is 4.39 Å². The highest BCUT2D eigenvalue weighted by atomic mass is 19.1. The highest BCUT2D eigenvalue weighted by Gasteiger charge is 2.19. The van der Waals surface area contributed by atoms with Crippen molar-refractivity contribution in [1.82, 2.24) is 5.32 Å². The average Bonchev–Trinajstić information content (AvgIpc) is 2.68. The van der Waals surface area contributed by atoms with Crippen LogP contribution in [0.5, 0.6) is 0 Å². The van der Waals surface area contributed by atoms with Crippen molar-refractivity contribution in [1.29, 1.82) is 0 Å². The van der Waals surface area contributed by atoms with Crippen molar-refractivity contribution >= 4 is 11.6 Å². The monoisotopic (exact) mass is 348 g/mol. The molecule has 0 radical (unpaired) electrons. The van der Waals surface area contributed by atoms with E-state index in [0.29, 0.717) is 12.2 Å². The smallest absolute Gasteiger partial charge is 0.246 e. The molecule has 0 saturated carbocycles. The number of amides is 1. The Hall–Kier alpha value is -2.98. The van der Waals surface area contributed by atoms with Gasteiger partial charge in [0.2, 0.25) is 5.91 Å². The summed E-state index contributed by atoms with van der Waals surface area (Å²) in [5.74, 6) is -0.500. The fourth-order valence-corrected chi connectivity index (χ4v) is 2.76. The molecule has 0 fully saturated rings. The molecule has 0 unspecified atom stereocenters. The van der Waals surface area contributed by atoms with Gasteiger partial charge in [0.25, 0.3) is 0 Å². The largest absolute Gasteiger partial charge is 0.324 e. The first-order valence-electron chi connectivity index (χ1n) is 8.61. The summed E-state index contributed by atoms with van der Waals surface area (Å²) < 4.78 is 13.1. The molecule has 0 aliphatic rings. The number of rotatable bonds is 7. The molecule has 0 heterocycles. The topological polar surface area (TPSA) is 41.1 Å². The summed E-state index contributed by atoms with van der Waals surface area (Å²) >= 11 is 0. The van der Waals surface area contributed by atoms with Gasteiger partial charge in [-0.2, -0.15) is 0 Å². The summed E-state index contributed by atoms with van der Waals surface area (Å²) in [5, 5.41) is 6.18. The summed E-state index contributed by atoms with van der Waals surface area (Å²) in [6, 6.07) is 25.0. The number of halogens is 1. The van der Waals surface area contributed by atoms with E-state index in [2.05, 4.69) is 22.8 Å². The molecule has 0 aromatic heterocycles. The quantitative estimate of drug-likeness (QED) is 0.667. The van der Waals surface area contributed by atoms with Crippen molar-refractivity contribution in [3.63, 3.8) is 0 Å². The molecular formula is C22H21FN2O. The lowest BCUT2D eigenvalue weighted by atomic mass is 10.1. The van der Waals surface area contributed by atoms with Gasteiger partial charge in [-0.3, -0.25) is 4.79 Å². The average molecular weight is 348 g/mol. The van der Waals surface area contributed by atoms with Crippen LogP contribution in [0.2, 0.25) is 0 Å². The fourth-order valence-electron chi connectivity index (χ4n) is 2.76. The van der Waals surface area contributed by atoms with Gasteiger partial charge in [0.15, 0.2) is 0 Å². The molecule has 0 saturated heterocycles. The standard InChI is InChI=1S/C22H21FN2O/c23-19-11-13-20(14-12-19)25-22(26)21(18-9-5-2-6-10-18)24-16-15-17-7-3-1-4-8-17/h1-14,21,24H,15-16H2,(H,25,26)/t21-/m1/s1. The van der Waals surface area contributed by atoms with E-state index in [1.54, 1.807) is 12.1 Å². The lowest BCUT2D eigenvalue weighted by Gasteiger charge is -2.19. The summed E-state index contributed by atoms with van der Waals surface area (Å²) in [6.07, 6.45) is 0.827. The van der Waals surface area contributed by atoms with Crippen LogP contribution in [0.3, 0.4) is 0 Å². The predicted octanol–water partition coefficient (Wildman–Crippen LogP) is 4.34. The third kappa shape index (κ3) is 5.01. The molecule has 3 aromatic carbocycles. The minimum atomic E-state index is -0.482. The second-order valence-electron chi connectivity index (χ2n) is 6.03. The van der Waals surface area contributed by atoms with Crippen LogP contribution in [0.15, 0.2) is 84.9 Å². The second kappa shape index (κ2) is 8.92. The maximum absolute atomic E-state index is 13.1. The lowest BCUT2D eigenvalue weighted by Crippen LogP contribution is -2.34. The Morgan fingerprint density at radius 1 is 0.846 bits per heavy atom. The fraction of sp³-hybridized carbons (Fsp3) is 0.136. The van der Waals surface area contributed by atoms with Gasteiger partial charge in [-0.1, -0.05) is 60.7 Å². The van der Waals surface area contributed by atoms with Crippen LogP contribution in [0.4, 0.5) is 10.1 Å². The molecule has 3 rings (SSSR count). The van der Waals surface area contributed by atoms with E-state index in [1.807, 2.05) is 48.5 Å². The number of hydrogen-bond donors (Lipinski definition) is 2. The van der Waals surface area contributed by atoms with E-state index in [9.17, 15) is 9.18 Å². The van der Waals surface area contributed by atoms with Gasteiger partial charge in [-0.05, 0) is 41.8 Å². The first-order valence-corrected chi connectivity index (χ1v) is 8.61. The normalized spacial score (nSPS) is 11.7. The molecule has 2 N–H and O–H groups in total. The van der Waals surface area contributed by atoms with Gasteiger partial charge >= 0.3 is 0 Å². The molecule has 0 aliphatic heterocycles. The van der Waals surface area contributed by atoms with Gasteiger partial charge in [0.05, 0.1) is 0 Å². The number of hydrogen-bond acceptors (Lipinski definition) is 2. The van der Waals surface area contributed by atoms with E-state index in [1.165, 1.54) is 17.7 Å². The molecule has 26 heavy (non-hydrogen) atoms. The number of carbonyl (C=O) groups excluding carboxylic acids is 1. The van der Waals surface area contributed by atoms with Crippen molar-refractivity contribution in [3.05, 3.63) is 102 Å². The highest BCUT2D eigenvalue weighted by molar-refractivity contribution is 5.95. The Morgan fingerprint density at radius 2 is 1.46 bits per heavy atom. The highest BCUT2D eigenvalue weighted by Crippen LogP contribution is 2.16. The van der Waals surface area contributed by atoms with Crippen LogP contribution in [-0.2, 0) is 11.2 Å². The van der Waals surface area contributed by atoms with Crippen LogP contribution in [-0.4, -0.2) is 12.5 Å². The van der Waals surface area contributed by atoms with Crippen molar-refractivity contribution in [3.8, 4) is 0 Å². The summed E-state index contributed by atoms with van der Waals surface area (Å²) in [7, 11) is 0. The van der Waals surface area contributed by atoms with Crippen molar-refractivity contribution < 1.29 is 9.18 Å². The number of carbonyl (C=O) groups is 1. The van der Waals surface area contributed by atoms with Crippen LogP contribution < -0.4 is 10.6 Å². The SMILES string of the molecule is O=C(Nc1ccc(F)cc1)[C@H](NCCc1ccccc1)c1ccccc1. The van der Waals surface area contributed by atoms with Crippen molar-refractivity contribution in [2.45, 2.75) is 12.5 Å². The molecule has 3 aromatic rings. The van der Waals surface area contributed by atoms with E-state index in [0.717, 1.165) is 12.0 Å². The maximum Gasteiger partial charge on any atom is 0.246 e. The van der Waals surface area contributed by atoms with Gasteiger partial charge in [-0.15, -0.1) is 0 Å². The molecule has 3 nitrogen and oxygen atoms in total. The van der Waals surface area contributed by atoms with E-state index >= 15 is 0 Å². The second-order valence-corrected chi connectivity index (χ2v) is 6.03. The summed E-state index contributed by atoms with van der Waals surface area (Å²) in [5.41, 5.74) is 2.67. The zero-order valence-corrected chi connectivity index (χ0v) is 14.4. The minimum Gasteiger partial charge on any atom is -0.324 e. The minimum absolute atomic E-state index is 0.170. The molecule has 0 aliphatic carbocycles. The molecule has 4 heteroatoms. The Labute approximate surface area is 152 Å². The Morgan fingerprint density at radius 3 is 2.12 bits per heavy atom. The third-order valence-electron chi connectivity index (χ3n) is 4.11. The van der Waals surface area contributed by atoms with E-state index < -0.39 is 6.04 Å². The lowest BCUT2D eigenvalue weighted by molar-refractivity contribution is -0.118. The van der Waals surface area contributed by atoms with E-state index in [-0.39, 0.29) is 11.7 Å². The van der Waals surface area contributed by atoms with Crippen molar-refractivity contribution in [2.75, 3.05) is 11.9 Å². The van der Waals surface area contributed by atoms with Gasteiger partial charge in [0.1, 0.15) is 11.9 Å². The van der Waals surface area contributed by atoms with Crippen LogP contribution in [0.25, 0.3) is 0 Å². The first kappa shape index (κ1) is 17.8. The Bertz CT molecular complexity index is 820. The predicted molar refractivity (Wildman–Crippen MR) is 102 cm³/mol. The van der Waals surface area contributed by atoms with Gasteiger partial charge in [0, 0.05) is 12.2 Å².